The first-order valence-corrected chi connectivity index (χ1v) is 14.1. The number of nitrogens with zero attached hydrogens (tertiary/aromatic N) is 4. The number of hydrogen-bond donors (Lipinski definition) is 1. The second-order valence-electron chi connectivity index (χ2n) is 10.9. The number of anilines is 1. The quantitative estimate of drug-likeness (QED) is 0.571. The van der Waals surface area contributed by atoms with Gasteiger partial charge in [-0.2, -0.15) is 0 Å². The van der Waals surface area contributed by atoms with Gasteiger partial charge in [-0.05, 0) is 86.1 Å². The first kappa shape index (κ1) is 26.6. The Morgan fingerprint density at radius 3 is 2.45 bits per heavy atom. The minimum Gasteiger partial charge on any atom is -0.490 e. The first-order valence-electron chi connectivity index (χ1n) is 14.1. The van der Waals surface area contributed by atoms with Crippen LogP contribution in [-0.2, 0) is 11.2 Å². The predicted octanol–water partition coefficient (Wildman–Crippen LogP) is 4.64. The molecule has 0 bridgehead atoms. The molecule has 0 radical (unpaired) electrons. The van der Waals surface area contributed by atoms with Gasteiger partial charge >= 0.3 is 0 Å². The fourth-order valence-corrected chi connectivity index (χ4v) is 5.68. The van der Waals surface area contributed by atoms with Crippen LogP contribution in [0.4, 0.5) is 10.3 Å². The van der Waals surface area contributed by atoms with Crippen molar-refractivity contribution in [2.45, 2.75) is 64.4 Å². The lowest BCUT2D eigenvalue weighted by Crippen LogP contribution is -2.43. The highest BCUT2D eigenvalue weighted by atomic mass is 19.1. The molecule has 1 unspecified atom stereocenters. The van der Waals surface area contributed by atoms with Crippen molar-refractivity contribution in [2.75, 3.05) is 37.7 Å². The number of carbonyl (C=O) groups is 1. The number of amides is 1. The van der Waals surface area contributed by atoms with Gasteiger partial charge in [0.2, 0.25) is 11.9 Å². The molecule has 1 amide bonds. The Labute approximate surface area is 224 Å². The number of aliphatic hydroxyl groups is 1. The molecule has 2 fully saturated rings. The van der Waals surface area contributed by atoms with E-state index < -0.39 is 0 Å². The van der Waals surface area contributed by atoms with Crippen molar-refractivity contribution >= 4 is 17.4 Å². The highest BCUT2D eigenvalue weighted by Gasteiger charge is 2.29. The third kappa shape index (κ3) is 6.34. The number of ether oxygens (including phenoxy) is 1. The number of aliphatic hydroxyl groups excluding tert-OH is 1. The molecule has 1 aliphatic carbocycles. The molecule has 1 aromatic heterocycles. The summed E-state index contributed by atoms with van der Waals surface area (Å²) in [5.74, 6) is 1.29. The standard InChI is InChI=1S/C30H39FN4O3/c1-2-21-18-32-30(33-19-21)35-13-9-22(10-14-35)20-38-28-8-7-25(17-27(28)31)23-3-5-24(6-4-23)29(37)34-15-11-26(36)12-16-34/h3,7-8,17-19,22,24,26,36H,2,4-6,9-16,20H2,1H3. The molecule has 1 aromatic carbocycles. The number of aryl methyl sites for hydroxylation is 1. The summed E-state index contributed by atoms with van der Waals surface area (Å²) < 4.78 is 20.8. The van der Waals surface area contributed by atoms with E-state index in [-0.39, 0.29) is 23.7 Å². The molecule has 0 saturated carbocycles. The lowest BCUT2D eigenvalue weighted by atomic mass is 9.85. The van der Waals surface area contributed by atoms with Crippen molar-refractivity contribution in [2.24, 2.45) is 11.8 Å². The maximum Gasteiger partial charge on any atom is 0.226 e. The maximum absolute atomic E-state index is 14.9. The van der Waals surface area contributed by atoms with Gasteiger partial charge in [0.05, 0.1) is 12.7 Å². The number of rotatable bonds is 7. The fourth-order valence-electron chi connectivity index (χ4n) is 5.68. The number of carbonyl (C=O) groups excluding carboxylic acids is 1. The van der Waals surface area contributed by atoms with Gasteiger partial charge in [-0.25, -0.2) is 14.4 Å². The fraction of sp³-hybridized carbons (Fsp3) is 0.567. The van der Waals surface area contributed by atoms with Crippen LogP contribution in [-0.4, -0.2) is 64.8 Å². The Bertz CT molecular complexity index is 1120. The molecule has 2 aliphatic heterocycles. The van der Waals surface area contributed by atoms with Gasteiger partial charge in [-0.3, -0.25) is 4.79 Å². The summed E-state index contributed by atoms with van der Waals surface area (Å²) in [5, 5.41) is 9.69. The molecule has 8 heteroatoms. The molecule has 3 heterocycles. The lowest BCUT2D eigenvalue weighted by molar-refractivity contribution is -0.137. The molecule has 0 spiro atoms. The van der Waals surface area contributed by atoms with Crippen LogP contribution < -0.4 is 9.64 Å². The maximum atomic E-state index is 14.9. The van der Waals surface area contributed by atoms with Gasteiger partial charge in [0.15, 0.2) is 11.6 Å². The Morgan fingerprint density at radius 1 is 1.08 bits per heavy atom. The zero-order valence-electron chi connectivity index (χ0n) is 22.3. The second kappa shape index (κ2) is 12.2. The first-order chi connectivity index (χ1) is 18.5. The minimum absolute atomic E-state index is 0.0184. The molecule has 7 nitrogen and oxygen atoms in total. The van der Waals surface area contributed by atoms with Gasteiger partial charge in [0.1, 0.15) is 0 Å². The van der Waals surface area contributed by atoms with Crippen molar-refractivity contribution in [1.82, 2.24) is 14.9 Å². The molecular weight excluding hydrogens is 483 g/mol. The van der Waals surface area contributed by atoms with Crippen LogP contribution in [0.5, 0.6) is 5.75 Å². The molecule has 2 saturated heterocycles. The molecule has 1 atom stereocenters. The molecule has 5 rings (SSSR count). The highest BCUT2D eigenvalue weighted by molar-refractivity contribution is 5.81. The van der Waals surface area contributed by atoms with Gasteiger partial charge in [0, 0.05) is 44.5 Å². The largest absolute Gasteiger partial charge is 0.490 e. The van der Waals surface area contributed by atoms with E-state index in [2.05, 4.69) is 27.9 Å². The third-order valence-electron chi connectivity index (χ3n) is 8.31. The Hall–Kier alpha value is -3.00. The summed E-state index contributed by atoms with van der Waals surface area (Å²) in [6.07, 6.45) is 12.0. The van der Waals surface area contributed by atoms with Crippen molar-refractivity contribution in [3.05, 3.63) is 53.6 Å². The summed E-state index contributed by atoms with van der Waals surface area (Å²) in [6.45, 7) is 5.62. The van der Waals surface area contributed by atoms with E-state index in [0.29, 0.717) is 50.6 Å². The number of benzene rings is 1. The van der Waals surface area contributed by atoms with Crippen LogP contribution in [0.15, 0.2) is 36.7 Å². The number of piperidine rings is 2. The number of aromatic nitrogens is 2. The Kier molecular flexibility index (Phi) is 8.57. The molecule has 38 heavy (non-hydrogen) atoms. The second-order valence-corrected chi connectivity index (χ2v) is 10.9. The van der Waals surface area contributed by atoms with E-state index in [1.807, 2.05) is 23.4 Å². The zero-order chi connectivity index (χ0) is 26.5. The van der Waals surface area contributed by atoms with E-state index in [9.17, 15) is 14.3 Å². The molecule has 3 aliphatic rings. The number of allylic oxidation sites excluding steroid dienone is 2. The Morgan fingerprint density at radius 2 is 1.82 bits per heavy atom. The summed E-state index contributed by atoms with van der Waals surface area (Å²) >= 11 is 0. The van der Waals surface area contributed by atoms with Crippen LogP contribution in [0.25, 0.3) is 5.57 Å². The Balaban J connectivity index is 1.09. The highest BCUT2D eigenvalue weighted by Crippen LogP contribution is 2.33. The predicted molar refractivity (Wildman–Crippen MR) is 145 cm³/mol. The number of hydrogen-bond acceptors (Lipinski definition) is 6. The average Bonchev–Trinajstić information content (AvgIpc) is 2.97. The van der Waals surface area contributed by atoms with Crippen LogP contribution >= 0.6 is 0 Å². The van der Waals surface area contributed by atoms with E-state index in [4.69, 9.17) is 4.74 Å². The van der Waals surface area contributed by atoms with Crippen LogP contribution in [0.1, 0.15) is 63.0 Å². The van der Waals surface area contributed by atoms with Crippen molar-refractivity contribution < 1.29 is 19.0 Å². The van der Waals surface area contributed by atoms with Gasteiger partial charge in [-0.1, -0.05) is 19.1 Å². The summed E-state index contributed by atoms with van der Waals surface area (Å²) in [7, 11) is 0. The van der Waals surface area contributed by atoms with Crippen LogP contribution in [0, 0.1) is 17.7 Å². The van der Waals surface area contributed by atoms with Crippen molar-refractivity contribution in [3.8, 4) is 5.75 Å². The van der Waals surface area contributed by atoms with Crippen molar-refractivity contribution in [1.29, 1.82) is 0 Å². The van der Waals surface area contributed by atoms with Crippen LogP contribution in [0.2, 0.25) is 0 Å². The SMILES string of the molecule is CCc1cnc(N2CCC(COc3ccc(C4=CCC(C(=O)N5CCC(O)CC5)CC4)cc3F)CC2)nc1. The van der Waals surface area contributed by atoms with Gasteiger partial charge < -0.3 is 19.6 Å². The normalized spacial score (nSPS) is 21.3. The molecule has 204 valence electrons. The van der Waals surface area contributed by atoms with E-state index >= 15 is 0 Å². The van der Waals surface area contributed by atoms with E-state index in [1.54, 1.807) is 12.1 Å². The van der Waals surface area contributed by atoms with E-state index in [0.717, 1.165) is 67.8 Å². The molecule has 2 aromatic rings. The zero-order valence-corrected chi connectivity index (χ0v) is 22.3. The minimum atomic E-state index is -0.338. The molecule has 1 N–H and O–H groups in total. The van der Waals surface area contributed by atoms with Crippen LogP contribution in [0.3, 0.4) is 0 Å². The third-order valence-corrected chi connectivity index (χ3v) is 8.31. The van der Waals surface area contributed by atoms with Gasteiger partial charge in [-0.15, -0.1) is 0 Å². The molecular formula is C30H39FN4O3. The number of halogens is 1. The van der Waals surface area contributed by atoms with E-state index in [1.165, 1.54) is 0 Å². The summed E-state index contributed by atoms with van der Waals surface area (Å²) in [4.78, 5) is 25.9. The summed E-state index contributed by atoms with van der Waals surface area (Å²) in [6, 6.07) is 5.23. The average molecular weight is 523 g/mol. The number of likely N-dealkylation sites (tertiary alicyclic amines) is 1. The smallest absolute Gasteiger partial charge is 0.226 e. The summed E-state index contributed by atoms with van der Waals surface area (Å²) in [5.41, 5.74) is 3.10. The van der Waals surface area contributed by atoms with Gasteiger partial charge in [0.25, 0.3) is 0 Å². The van der Waals surface area contributed by atoms with Crippen molar-refractivity contribution in [3.63, 3.8) is 0 Å². The topological polar surface area (TPSA) is 78.8 Å². The monoisotopic (exact) mass is 522 g/mol. The lowest BCUT2D eigenvalue weighted by Gasteiger charge is -2.33.